The maximum atomic E-state index is 15.5. The second-order valence-corrected chi connectivity index (χ2v) is 16.0. The van der Waals surface area contributed by atoms with Gasteiger partial charge in [-0.1, -0.05) is 67.8 Å². The molecule has 2 aliphatic carbocycles. The minimum absolute atomic E-state index is 0.0611. The first-order valence-electron chi connectivity index (χ1n) is 18.8. The summed E-state index contributed by atoms with van der Waals surface area (Å²) in [6, 6.07) is 20.4. The molecule has 270 valence electrons. The van der Waals surface area contributed by atoms with Crippen LogP contribution in [0.2, 0.25) is 0 Å². The highest BCUT2D eigenvalue weighted by molar-refractivity contribution is 5.97. The Hall–Kier alpha value is -4.40. The monoisotopic (exact) mass is 694 g/mol. The molecule has 2 heterocycles. The van der Waals surface area contributed by atoms with Crippen molar-refractivity contribution in [3.05, 3.63) is 100 Å². The number of piperidine rings is 1. The van der Waals surface area contributed by atoms with E-state index in [-0.39, 0.29) is 29.3 Å². The topological polar surface area (TPSA) is 91.0 Å². The van der Waals surface area contributed by atoms with Gasteiger partial charge in [0.1, 0.15) is 17.6 Å². The molecule has 5 atom stereocenters. The van der Waals surface area contributed by atoms with Gasteiger partial charge in [0, 0.05) is 24.3 Å². The van der Waals surface area contributed by atoms with Crippen molar-refractivity contribution in [1.82, 2.24) is 15.1 Å². The zero-order valence-electron chi connectivity index (χ0n) is 30.3. The highest BCUT2D eigenvalue weighted by Gasteiger charge is 2.51. The van der Waals surface area contributed by atoms with Crippen LogP contribution < -0.4 is 10.6 Å². The number of aryl methyl sites for hydroxylation is 1. The van der Waals surface area contributed by atoms with Crippen LogP contribution >= 0.6 is 0 Å². The molecule has 0 aromatic heterocycles. The molecule has 2 N–H and O–H groups in total. The van der Waals surface area contributed by atoms with Crippen molar-refractivity contribution < 1.29 is 23.5 Å². The number of amides is 3. The molecule has 2 saturated carbocycles. The van der Waals surface area contributed by atoms with E-state index < -0.39 is 35.6 Å². The number of halogens is 1. The van der Waals surface area contributed by atoms with E-state index >= 15 is 4.39 Å². The number of nitrogens with zero attached hydrogens (tertiary/aromatic N) is 2. The Morgan fingerprint density at radius 1 is 0.882 bits per heavy atom. The Balaban J connectivity index is 1.28. The Labute approximate surface area is 301 Å². The predicted molar refractivity (Wildman–Crippen MR) is 196 cm³/mol. The molecule has 0 bridgehead atoms. The lowest BCUT2D eigenvalue weighted by Gasteiger charge is -2.48. The van der Waals surface area contributed by atoms with Gasteiger partial charge in [0.25, 0.3) is 5.91 Å². The van der Waals surface area contributed by atoms with Crippen LogP contribution in [0.15, 0.2) is 66.7 Å². The lowest BCUT2D eigenvalue weighted by atomic mass is 9.75. The standard InChI is InChI=1S/C42H51FN4O4/c1-26-11-9-17-34(43)36(26)40(49)47-35-18-10-13-29(35)25-33(37(47)28-19-21-31(22-20-28)44-30-14-6-7-15-30)39(48)45-38-32-16-8-5-12-27(32)23-24-46(38)41(50)51-42(2,3)4/h5,8-9,11-12,16-17,19-22,29-30,33,35,37-38,44H,6-7,10,13-15,18,23-25H2,1-4H3,(H,45,48). The van der Waals surface area contributed by atoms with Gasteiger partial charge in [0.05, 0.1) is 17.5 Å². The van der Waals surface area contributed by atoms with Gasteiger partial charge >= 0.3 is 6.09 Å². The van der Waals surface area contributed by atoms with Crippen LogP contribution in [0.5, 0.6) is 0 Å². The average molecular weight is 695 g/mol. The predicted octanol–water partition coefficient (Wildman–Crippen LogP) is 8.47. The SMILES string of the molecule is Cc1cccc(F)c1C(=O)N1C2CCCC2CC(C(=O)NC2c3ccccc3CCN2C(=O)OC(C)(C)C)C1c1ccc(NC2CCCC2)cc1. The summed E-state index contributed by atoms with van der Waals surface area (Å²) in [7, 11) is 0. The van der Waals surface area contributed by atoms with E-state index in [1.54, 1.807) is 24.0 Å². The van der Waals surface area contributed by atoms with Crippen molar-refractivity contribution in [2.75, 3.05) is 11.9 Å². The zero-order chi connectivity index (χ0) is 35.9. The summed E-state index contributed by atoms with van der Waals surface area (Å²) in [6.45, 7) is 7.65. The number of nitrogens with one attached hydrogen (secondary N) is 2. The number of anilines is 1. The first kappa shape index (κ1) is 35.0. The van der Waals surface area contributed by atoms with Gasteiger partial charge in [-0.05, 0) is 113 Å². The van der Waals surface area contributed by atoms with Crippen molar-refractivity contribution in [2.45, 2.75) is 115 Å². The highest BCUT2D eigenvalue weighted by atomic mass is 19.1. The number of carbonyl (C=O) groups is 3. The Kier molecular flexibility index (Phi) is 9.83. The van der Waals surface area contributed by atoms with Crippen molar-refractivity contribution >= 4 is 23.6 Å². The van der Waals surface area contributed by atoms with Gasteiger partial charge in [-0.25, -0.2) is 9.18 Å². The summed E-state index contributed by atoms with van der Waals surface area (Å²) in [6.07, 6.45) is 7.36. The molecule has 3 aromatic rings. The lowest BCUT2D eigenvalue weighted by Crippen LogP contribution is -2.56. The Morgan fingerprint density at radius 3 is 2.35 bits per heavy atom. The quantitative estimate of drug-likeness (QED) is 0.270. The zero-order valence-corrected chi connectivity index (χ0v) is 30.3. The van der Waals surface area contributed by atoms with E-state index in [9.17, 15) is 14.4 Å². The number of hydrogen-bond acceptors (Lipinski definition) is 5. The summed E-state index contributed by atoms with van der Waals surface area (Å²) in [5.74, 6) is -1.71. The normalized spacial score (nSPS) is 24.8. The fourth-order valence-corrected chi connectivity index (χ4v) is 9.03. The molecular formula is C42H51FN4O4. The molecule has 7 rings (SSSR count). The van der Waals surface area contributed by atoms with E-state index in [4.69, 9.17) is 4.74 Å². The molecule has 2 aliphatic heterocycles. The molecule has 3 amide bonds. The third-order valence-corrected chi connectivity index (χ3v) is 11.4. The van der Waals surface area contributed by atoms with E-state index in [1.165, 1.54) is 18.9 Å². The molecule has 4 aliphatic rings. The van der Waals surface area contributed by atoms with Gasteiger partial charge in [-0.3, -0.25) is 14.5 Å². The lowest BCUT2D eigenvalue weighted by molar-refractivity contribution is -0.132. The molecule has 8 nitrogen and oxygen atoms in total. The smallest absolute Gasteiger partial charge is 0.412 e. The Morgan fingerprint density at radius 2 is 1.63 bits per heavy atom. The summed E-state index contributed by atoms with van der Waals surface area (Å²) in [5, 5.41) is 6.94. The van der Waals surface area contributed by atoms with E-state index in [0.717, 1.165) is 54.5 Å². The molecule has 3 fully saturated rings. The second kappa shape index (κ2) is 14.3. The van der Waals surface area contributed by atoms with Crippen molar-refractivity contribution in [2.24, 2.45) is 11.8 Å². The second-order valence-electron chi connectivity index (χ2n) is 16.0. The summed E-state index contributed by atoms with van der Waals surface area (Å²) in [5.41, 5.74) is 3.69. The summed E-state index contributed by atoms with van der Waals surface area (Å²) in [4.78, 5) is 46.7. The Bertz CT molecular complexity index is 1740. The van der Waals surface area contributed by atoms with E-state index in [0.29, 0.717) is 31.0 Å². The fourth-order valence-electron chi connectivity index (χ4n) is 9.03. The van der Waals surface area contributed by atoms with Crippen LogP contribution in [0.1, 0.15) is 117 Å². The first-order valence-corrected chi connectivity index (χ1v) is 18.8. The van der Waals surface area contributed by atoms with Crippen LogP contribution in [0.3, 0.4) is 0 Å². The summed E-state index contributed by atoms with van der Waals surface area (Å²) < 4.78 is 21.3. The maximum absolute atomic E-state index is 15.5. The molecule has 1 saturated heterocycles. The van der Waals surface area contributed by atoms with Crippen molar-refractivity contribution in [3.8, 4) is 0 Å². The maximum Gasteiger partial charge on any atom is 0.412 e. The van der Waals surface area contributed by atoms with E-state index in [2.05, 4.69) is 10.6 Å². The number of hydrogen-bond donors (Lipinski definition) is 2. The van der Waals surface area contributed by atoms with Gasteiger partial charge in [-0.15, -0.1) is 0 Å². The minimum atomic E-state index is -0.741. The third-order valence-electron chi connectivity index (χ3n) is 11.4. The highest BCUT2D eigenvalue weighted by Crippen LogP contribution is 2.49. The van der Waals surface area contributed by atoms with Gasteiger partial charge in [-0.2, -0.15) is 0 Å². The van der Waals surface area contributed by atoms with E-state index in [1.807, 2.05) is 74.2 Å². The van der Waals surface area contributed by atoms with Crippen LogP contribution in [-0.4, -0.2) is 51.9 Å². The molecule has 5 unspecified atom stereocenters. The number of likely N-dealkylation sites (tertiary alicyclic amines) is 1. The molecular weight excluding hydrogens is 643 g/mol. The largest absolute Gasteiger partial charge is 0.444 e. The molecule has 0 radical (unpaired) electrons. The molecule has 3 aromatic carbocycles. The van der Waals surface area contributed by atoms with Crippen LogP contribution in [0.4, 0.5) is 14.9 Å². The van der Waals surface area contributed by atoms with Gasteiger partial charge in [0.15, 0.2) is 0 Å². The number of benzene rings is 3. The molecule has 51 heavy (non-hydrogen) atoms. The molecule has 9 heteroatoms. The first-order chi connectivity index (χ1) is 24.5. The number of rotatable bonds is 6. The van der Waals surface area contributed by atoms with Crippen LogP contribution in [-0.2, 0) is 16.0 Å². The number of ether oxygens (including phenoxy) is 1. The van der Waals surface area contributed by atoms with Crippen molar-refractivity contribution in [3.63, 3.8) is 0 Å². The molecule has 0 spiro atoms. The minimum Gasteiger partial charge on any atom is -0.444 e. The van der Waals surface area contributed by atoms with Gasteiger partial charge in [0.2, 0.25) is 5.91 Å². The third kappa shape index (κ3) is 7.22. The number of carbonyl (C=O) groups excluding carboxylic acids is 3. The van der Waals surface area contributed by atoms with Gasteiger partial charge < -0.3 is 20.3 Å². The van der Waals surface area contributed by atoms with Crippen LogP contribution in [0.25, 0.3) is 0 Å². The summed E-state index contributed by atoms with van der Waals surface area (Å²) >= 11 is 0. The van der Waals surface area contributed by atoms with Crippen LogP contribution in [0, 0.1) is 24.6 Å². The number of fused-ring (bicyclic) bond motifs is 2. The average Bonchev–Trinajstić information content (AvgIpc) is 3.79. The fraction of sp³-hybridized carbons (Fsp3) is 0.500. The van der Waals surface area contributed by atoms with Crippen molar-refractivity contribution in [1.29, 1.82) is 0 Å².